The summed E-state index contributed by atoms with van der Waals surface area (Å²) in [6.45, 7) is 1.85. The first-order valence-corrected chi connectivity index (χ1v) is 8.97. The number of anilines is 1. The van der Waals surface area contributed by atoms with E-state index in [0.29, 0.717) is 21.2 Å². The first kappa shape index (κ1) is 18.5. The van der Waals surface area contributed by atoms with Gasteiger partial charge in [-0.3, -0.25) is 4.99 Å². The molecule has 1 aromatic carbocycles. The zero-order valence-corrected chi connectivity index (χ0v) is 16.0. The maximum absolute atomic E-state index is 9.62. The number of hydrogen-bond acceptors (Lipinski definition) is 7. The third-order valence-corrected chi connectivity index (χ3v) is 4.68. The van der Waals surface area contributed by atoms with Gasteiger partial charge >= 0.3 is 0 Å². The van der Waals surface area contributed by atoms with Crippen molar-refractivity contribution in [2.75, 3.05) is 5.73 Å². The Bertz CT molecular complexity index is 1320. The Hall–Kier alpha value is -3.90. The van der Waals surface area contributed by atoms with Crippen molar-refractivity contribution in [2.45, 2.75) is 13.0 Å². The molecule has 4 aromatic rings. The molecule has 0 unspecified atom stereocenters. The Labute approximate surface area is 169 Å². The van der Waals surface area contributed by atoms with Crippen molar-refractivity contribution in [1.82, 2.24) is 24.3 Å². The highest BCUT2D eigenvalue weighted by Gasteiger charge is 2.17. The molecule has 4 rings (SSSR count). The highest BCUT2D eigenvalue weighted by atomic mass is 35.5. The monoisotopic (exact) mass is 406 g/mol. The van der Waals surface area contributed by atoms with Crippen LogP contribution in [0.15, 0.2) is 53.9 Å². The van der Waals surface area contributed by atoms with Crippen molar-refractivity contribution in [1.29, 1.82) is 5.26 Å². The lowest BCUT2D eigenvalue weighted by Gasteiger charge is -2.13. The smallest absolute Gasteiger partial charge is 0.171 e. The predicted octanol–water partition coefficient (Wildman–Crippen LogP) is 2.60. The molecule has 144 valence electrons. The van der Waals surface area contributed by atoms with Gasteiger partial charge in [0.1, 0.15) is 18.0 Å². The van der Waals surface area contributed by atoms with Gasteiger partial charge in [-0.1, -0.05) is 41.9 Å². The minimum atomic E-state index is -0.438. The van der Waals surface area contributed by atoms with E-state index in [1.165, 1.54) is 6.20 Å². The molecule has 3 N–H and O–H groups in total. The van der Waals surface area contributed by atoms with Crippen LogP contribution in [0.1, 0.15) is 24.1 Å². The van der Waals surface area contributed by atoms with E-state index in [1.54, 1.807) is 4.52 Å². The van der Waals surface area contributed by atoms with Crippen LogP contribution in [0.2, 0.25) is 5.15 Å². The molecule has 0 amide bonds. The Balaban J connectivity index is 1.94. The van der Waals surface area contributed by atoms with Gasteiger partial charge in [-0.2, -0.15) is 15.1 Å². The van der Waals surface area contributed by atoms with Gasteiger partial charge in [0.2, 0.25) is 0 Å². The van der Waals surface area contributed by atoms with Crippen molar-refractivity contribution >= 4 is 23.1 Å². The Morgan fingerprint density at radius 2 is 2.03 bits per heavy atom. The molecular weight excluding hydrogens is 392 g/mol. The fourth-order valence-electron chi connectivity index (χ4n) is 2.96. The van der Waals surface area contributed by atoms with Crippen LogP contribution >= 0.6 is 11.6 Å². The average molecular weight is 407 g/mol. The number of hydrogen-bond donors (Lipinski definition) is 2. The van der Waals surface area contributed by atoms with Crippen molar-refractivity contribution in [3.8, 4) is 17.3 Å². The van der Waals surface area contributed by atoms with Gasteiger partial charge < -0.3 is 10.9 Å². The molecule has 0 aliphatic carbocycles. The van der Waals surface area contributed by atoms with Crippen LogP contribution in [-0.2, 0) is 0 Å². The molecule has 0 fully saturated rings. The number of nitrogens with zero attached hydrogens (tertiary/aromatic N) is 7. The standard InChI is InChI=1S/C19H15ClN8O/c1-11(25-19-14(8-21)18(22)27(29)10-24-19)13-7-16-23-9-15(20)28(16)26-17(13)12-5-3-2-4-6-12/h2-7,9-11,29H,22H2,1H3/t11-/m0/s1. The molecule has 0 aliphatic rings. The van der Waals surface area contributed by atoms with E-state index in [9.17, 15) is 10.5 Å². The van der Waals surface area contributed by atoms with E-state index in [1.807, 2.05) is 49.4 Å². The lowest BCUT2D eigenvalue weighted by atomic mass is 10.0. The van der Waals surface area contributed by atoms with E-state index in [4.69, 9.17) is 17.3 Å². The zero-order chi connectivity index (χ0) is 20.5. The predicted molar refractivity (Wildman–Crippen MR) is 106 cm³/mol. The summed E-state index contributed by atoms with van der Waals surface area (Å²) in [4.78, 5) is 12.8. The number of nitrogens with two attached hydrogens (primary N) is 1. The SMILES string of the molecule is C[C@H](N=c1ncn(O)c(N)c1C#N)c1cc2ncc(Cl)n2nc1-c1ccccc1. The fraction of sp³-hybridized carbons (Fsp3) is 0.105. The molecule has 0 spiro atoms. The number of rotatable bonds is 3. The molecule has 0 saturated heterocycles. The van der Waals surface area contributed by atoms with Crippen LogP contribution in [0.4, 0.5) is 5.82 Å². The highest BCUT2D eigenvalue weighted by molar-refractivity contribution is 6.29. The van der Waals surface area contributed by atoms with E-state index in [2.05, 4.69) is 20.1 Å². The second kappa shape index (κ2) is 7.26. The molecule has 29 heavy (non-hydrogen) atoms. The number of imidazole rings is 1. The molecular formula is C19H15ClN8O. The second-order valence-electron chi connectivity index (χ2n) is 6.26. The second-order valence-corrected chi connectivity index (χ2v) is 6.64. The van der Waals surface area contributed by atoms with Gasteiger partial charge in [0, 0.05) is 11.1 Å². The number of nitriles is 1. The van der Waals surface area contributed by atoms with Gasteiger partial charge in [0.25, 0.3) is 0 Å². The summed E-state index contributed by atoms with van der Waals surface area (Å²) < 4.78 is 2.13. The average Bonchev–Trinajstić information content (AvgIpc) is 3.10. The number of aromatic nitrogens is 5. The molecule has 0 saturated carbocycles. The van der Waals surface area contributed by atoms with Crippen LogP contribution in [0.25, 0.3) is 16.9 Å². The largest absolute Gasteiger partial charge is 0.425 e. The van der Waals surface area contributed by atoms with E-state index in [-0.39, 0.29) is 16.9 Å². The molecule has 9 nitrogen and oxygen atoms in total. The molecule has 0 aliphatic heterocycles. The van der Waals surface area contributed by atoms with E-state index in [0.717, 1.165) is 17.5 Å². The third-order valence-electron chi connectivity index (χ3n) is 4.42. The number of nitrogen functional groups attached to an aromatic ring is 1. The normalized spacial score (nSPS) is 12.8. The van der Waals surface area contributed by atoms with Gasteiger partial charge in [-0.15, -0.1) is 0 Å². The summed E-state index contributed by atoms with van der Waals surface area (Å²) in [5.41, 5.74) is 8.77. The minimum absolute atomic E-state index is 0.0130. The van der Waals surface area contributed by atoms with Gasteiger partial charge in [0.15, 0.2) is 22.1 Å². The number of halogens is 1. The first-order chi connectivity index (χ1) is 14.0. The van der Waals surface area contributed by atoms with Gasteiger partial charge in [0.05, 0.1) is 17.9 Å². The van der Waals surface area contributed by atoms with Gasteiger partial charge in [-0.05, 0) is 13.0 Å². The maximum Gasteiger partial charge on any atom is 0.171 e. The number of benzene rings is 1. The molecule has 3 aromatic heterocycles. The van der Waals surface area contributed by atoms with E-state index >= 15 is 0 Å². The van der Waals surface area contributed by atoms with E-state index < -0.39 is 6.04 Å². The van der Waals surface area contributed by atoms with Crippen molar-refractivity contribution < 1.29 is 5.21 Å². The lowest BCUT2D eigenvalue weighted by Crippen LogP contribution is -2.21. The fourth-order valence-corrected chi connectivity index (χ4v) is 3.14. The van der Waals surface area contributed by atoms with Crippen LogP contribution in [0.5, 0.6) is 0 Å². The summed E-state index contributed by atoms with van der Waals surface area (Å²) in [6.07, 6.45) is 2.62. The van der Waals surface area contributed by atoms with Crippen LogP contribution in [0.3, 0.4) is 0 Å². The summed E-state index contributed by atoms with van der Waals surface area (Å²) in [5.74, 6) is -0.134. The zero-order valence-electron chi connectivity index (χ0n) is 15.2. The molecule has 0 bridgehead atoms. The number of fused-ring (bicyclic) bond motifs is 1. The Morgan fingerprint density at radius 1 is 1.28 bits per heavy atom. The van der Waals surface area contributed by atoms with Crippen LogP contribution in [0, 0.1) is 11.3 Å². The highest BCUT2D eigenvalue weighted by Crippen LogP contribution is 2.29. The van der Waals surface area contributed by atoms with Gasteiger partial charge in [-0.25, -0.2) is 14.5 Å². The quantitative estimate of drug-likeness (QED) is 0.503. The Morgan fingerprint density at radius 3 is 2.76 bits per heavy atom. The lowest BCUT2D eigenvalue weighted by molar-refractivity contribution is 0.186. The van der Waals surface area contributed by atoms with Crippen molar-refractivity contribution in [2.24, 2.45) is 4.99 Å². The summed E-state index contributed by atoms with van der Waals surface area (Å²) >= 11 is 6.19. The summed E-state index contributed by atoms with van der Waals surface area (Å²) in [5, 5.41) is 24.1. The molecule has 10 heteroatoms. The topological polar surface area (TPSA) is 130 Å². The summed E-state index contributed by atoms with van der Waals surface area (Å²) in [6, 6.07) is 12.9. The minimum Gasteiger partial charge on any atom is -0.425 e. The molecule has 3 heterocycles. The third kappa shape index (κ3) is 3.26. The first-order valence-electron chi connectivity index (χ1n) is 8.59. The molecule has 0 radical (unpaired) electrons. The summed E-state index contributed by atoms with van der Waals surface area (Å²) in [7, 11) is 0. The molecule has 1 atom stereocenters. The van der Waals surface area contributed by atoms with Crippen molar-refractivity contribution in [3.05, 3.63) is 70.7 Å². The maximum atomic E-state index is 9.62. The van der Waals surface area contributed by atoms with Crippen LogP contribution < -0.4 is 11.2 Å². The van der Waals surface area contributed by atoms with Crippen LogP contribution in [-0.4, -0.2) is 29.5 Å². The Kier molecular flexibility index (Phi) is 4.62. The van der Waals surface area contributed by atoms with Crippen molar-refractivity contribution in [3.63, 3.8) is 0 Å².